The van der Waals surface area contributed by atoms with Gasteiger partial charge in [0, 0.05) is 25.0 Å². The average molecular weight is 518 g/mol. The molecule has 1 aliphatic heterocycles. The third kappa shape index (κ3) is 5.59. The third-order valence-electron chi connectivity index (χ3n) is 6.62. The molecule has 37 heavy (non-hydrogen) atoms. The van der Waals surface area contributed by atoms with Crippen LogP contribution in [0.25, 0.3) is 11.0 Å². The Balaban J connectivity index is 1.16. The number of ether oxygens (including phenoxy) is 1. The maximum absolute atomic E-state index is 13.1. The van der Waals surface area contributed by atoms with E-state index in [2.05, 4.69) is 27.4 Å². The van der Waals surface area contributed by atoms with Crippen LogP contribution < -0.4 is 10.1 Å². The number of aromatic nitrogens is 3. The summed E-state index contributed by atoms with van der Waals surface area (Å²) >= 11 is 6.09. The number of anilines is 1. The smallest absolute Gasteiger partial charge is 0.259 e. The van der Waals surface area contributed by atoms with Gasteiger partial charge in [0.05, 0.1) is 29.0 Å². The number of halogens is 1. The van der Waals surface area contributed by atoms with E-state index in [1.54, 1.807) is 12.4 Å². The first-order valence-electron chi connectivity index (χ1n) is 12.4. The Morgan fingerprint density at radius 3 is 2.59 bits per heavy atom. The van der Waals surface area contributed by atoms with E-state index in [0.717, 1.165) is 29.6 Å². The van der Waals surface area contributed by atoms with Crippen LogP contribution >= 0.6 is 11.6 Å². The van der Waals surface area contributed by atoms with Gasteiger partial charge in [0.2, 0.25) is 11.8 Å². The van der Waals surface area contributed by atoms with Crippen molar-refractivity contribution >= 4 is 40.1 Å². The van der Waals surface area contributed by atoms with E-state index in [1.165, 1.54) is 11.8 Å². The van der Waals surface area contributed by atoms with Crippen molar-refractivity contribution in [2.75, 3.05) is 25.0 Å². The Morgan fingerprint density at radius 1 is 1.08 bits per heavy atom. The normalized spacial score (nSPS) is 14.1. The van der Waals surface area contributed by atoms with Crippen LogP contribution in [0, 0.1) is 0 Å². The number of likely N-dealkylation sites (tertiary alicyclic amines) is 1. The lowest BCUT2D eigenvalue weighted by Crippen LogP contribution is -2.38. The molecule has 1 aliphatic rings. The van der Waals surface area contributed by atoms with Crippen LogP contribution in [0.5, 0.6) is 5.88 Å². The number of pyridine rings is 1. The number of nitrogens with zero attached hydrogens (tertiary/aromatic N) is 4. The summed E-state index contributed by atoms with van der Waals surface area (Å²) < 4.78 is 7.37. The molecule has 1 saturated heterocycles. The number of imidazole rings is 1. The topological polar surface area (TPSA) is 89.4 Å². The SMILES string of the molecule is CCOc1ncc(Cl)cc1C(=O)N1CCC(c2ccc(NC(=O)Cn3cnc4ccccc43)cc2)CC1. The maximum Gasteiger partial charge on any atom is 0.259 e. The van der Waals surface area contributed by atoms with Crippen molar-refractivity contribution in [3.05, 3.63) is 83.3 Å². The van der Waals surface area contributed by atoms with Crippen LogP contribution in [-0.2, 0) is 11.3 Å². The largest absolute Gasteiger partial charge is 0.477 e. The molecular formula is C28H28ClN5O3. The Labute approximate surface area is 220 Å². The molecule has 190 valence electrons. The minimum absolute atomic E-state index is 0.107. The van der Waals surface area contributed by atoms with Crippen LogP contribution in [-0.4, -0.2) is 50.9 Å². The lowest BCUT2D eigenvalue weighted by Gasteiger charge is -2.32. The molecule has 1 N–H and O–H groups in total. The van der Waals surface area contributed by atoms with E-state index in [9.17, 15) is 9.59 Å². The van der Waals surface area contributed by atoms with E-state index in [-0.39, 0.29) is 18.4 Å². The lowest BCUT2D eigenvalue weighted by atomic mass is 9.89. The van der Waals surface area contributed by atoms with Gasteiger partial charge in [0.25, 0.3) is 5.91 Å². The summed E-state index contributed by atoms with van der Waals surface area (Å²) in [7, 11) is 0. The highest BCUT2D eigenvalue weighted by Gasteiger charge is 2.27. The Morgan fingerprint density at radius 2 is 1.84 bits per heavy atom. The summed E-state index contributed by atoms with van der Waals surface area (Å²) in [4.78, 5) is 36.1. The fourth-order valence-corrected chi connectivity index (χ4v) is 4.91. The van der Waals surface area contributed by atoms with Gasteiger partial charge >= 0.3 is 0 Å². The number of para-hydroxylation sites is 2. The van der Waals surface area contributed by atoms with E-state index in [0.29, 0.717) is 42.1 Å². The number of carbonyl (C=O) groups is 2. The molecule has 4 aromatic rings. The molecule has 9 heteroatoms. The number of rotatable bonds is 7. The Hall–Kier alpha value is -3.91. The van der Waals surface area contributed by atoms with Gasteiger partial charge in [-0.15, -0.1) is 0 Å². The molecule has 3 heterocycles. The Kier molecular flexibility index (Phi) is 7.37. The zero-order valence-electron chi connectivity index (χ0n) is 20.6. The first-order valence-corrected chi connectivity index (χ1v) is 12.8. The van der Waals surface area contributed by atoms with E-state index in [1.807, 2.05) is 52.8 Å². The molecule has 5 rings (SSSR count). The van der Waals surface area contributed by atoms with Gasteiger partial charge in [0.1, 0.15) is 12.1 Å². The molecule has 0 atom stereocenters. The van der Waals surface area contributed by atoms with Crippen LogP contribution in [0.4, 0.5) is 5.69 Å². The van der Waals surface area contributed by atoms with Crippen molar-refractivity contribution in [2.45, 2.75) is 32.2 Å². The van der Waals surface area contributed by atoms with Gasteiger partial charge in [0.15, 0.2) is 0 Å². The maximum atomic E-state index is 13.1. The second-order valence-electron chi connectivity index (χ2n) is 9.04. The fourth-order valence-electron chi connectivity index (χ4n) is 4.75. The number of carbonyl (C=O) groups excluding carboxylic acids is 2. The number of hydrogen-bond donors (Lipinski definition) is 1. The van der Waals surface area contributed by atoms with Crippen molar-refractivity contribution in [2.24, 2.45) is 0 Å². The monoisotopic (exact) mass is 517 g/mol. The average Bonchev–Trinajstić information content (AvgIpc) is 3.32. The molecular weight excluding hydrogens is 490 g/mol. The summed E-state index contributed by atoms with van der Waals surface area (Å²) in [6.07, 6.45) is 4.87. The quantitative estimate of drug-likeness (QED) is 0.366. The molecule has 2 amide bonds. The van der Waals surface area contributed by atoms with E-state index in [4.69, 9.17) is 16.3 Å². The molecule has 0 radical (unpaired) electrons. The zero-order valence-corrected chi connectivity index (χ0v) is 21.3. The molecule has 0 bridgehead atoms. The van der Waals surface area contributed by atoms with Gasteiger partial charge in [-0.3, -0.25) is 9.59 Å². The van der Waals surface area contributed by atoms with Crippen LogP contribution in [0.3, 0.4) is 0 Å². The van der Waals surface area contributed by atoms with Crippen molar-refractivity contribution in [1.82, 2.24) is 19.4 Å². The molecule has 0 spiro atoms. The number of fused-ring (bicyclic) bond motifs is 1. The molecule has 0 aliphatic carbocycles. The summed E-state index contributed by atoms with van der Waals surface area (Å²) in [6, 6.07) is 17.3. The summed E-state index contributed by atoms with van der Waals surface area (Å²) in [5, 5.41) is 3.38. The number of hydrogen-bond acceptors (Lipinski definition) is 5. The molecule has 0 saturated carbocycles. The minimum atomic E-state index is -0.111. The van der Waals surface area contributed by atoms with Gasteiger partial charge < -0.3 is 19.5 Å². The summed E-state index contributed by atoms with van der Waals surface area (Å²) in [5.41, 5.74) is 4.15. The summed E-state index contributed by atoms with van der Waals surface area (Å²) in [6.45, 7) is 3.75. The van der Waals surface area contributed by atoms with Crippen molar-refractivity contribution < 1.29 is 14.3 Å². The number of nitrogens with one attached hydrogen (secondary N) is 1. The second kappa shape index (κ2) is 11.0. The number of piperidine rings is 1. The van der Waals surface area contributed by atoms with Crippen molar-refractivity contribution in [1.29, 1.82) is 0 Å². The number of benzene rings is 2. The Bertz CT molecular complexity index is 1410. The van der Waals surface area contributed by atoms with E-state index < -0.39 is 0 Å². The van der Waals surface area contributed by atoms with Crippen molar-refractivity contribution in [3.63, 3.8) is 0 Å². The fraction of sp³-hybridized carbons (Fsp3) is 0.286. The highest BCUT2D eigenvalue weighted by molar-refractivity contribution is 6.30. The molecule has 1 fully saturated rings. The molecule has 8 nitrogen and oxygen atoms in total. The van der Waals surface area contributed by atoms with Gasteiger partial charge in [-0.05, 0) is 61.6 Å². The predicted octanol–water partition coefficient (Wildman–Crippen LogP) is 5.14. The molecule has 0 unspecified atom stereocenters. The van der Waals surface area contributed by atoms with Crippen LogP contribution in [0.15, 0.2) is 67.1 Å². The second-order valence-corrected chi connectivity index (χ2v) is 9.47. The summed E-state index contributed by atoms with van der Waals surface area (Å²) in [5.74, 6) is 0.443. The lowest BCUT2D eigenvalue weighted by molar-refractivity contribution is -0.116. The van der Waals surface area contributed by atoms with Crippen molar-refractivity contribution in [3.8, 4) is 5.88 Å². The van der Waals surface area contributed by atoms with E-state index >= 15 is 0 Å². The molecule has 2 aromatic carbocycles. The predicted molar refractivity (Wildman–Crippen MR) is 143 cm³/mol. The van der Waals surface area contributed by atoms with Crippen LogP contribution in [0.2, 0.25) is 5.02 Å². The van der Waals surface area contributed by atoms with Gasteiger partial charge in [-0.2, -0.15) is 0 Å². The van der Waals surface area contributed by atoms with Crippen LogP contribution in [0.1, 0.15) is 41.6 Å². The minimum Gasteiger partial charge on any atom is -0.477 e. The first-order chi connectivity index (χ1) is 18.0. The first kappa shape index (κ1) is 24.8. The highest BCUT2D eigenvalue weighted by Crippen LogP contribution is 2.31. The zero-order chi connectivity index (χ0) is 25.8. The third-order valence-corrected chi connectivity index (χ3v) is 6.83. The van der Waals surface area contributed by atoms with Gasteiger partial charge in [-0.25, -0.2) is 9.97 Å². The highest BCUT2D eigenvalue weighted by atomic mass is 35.5. The molecule has 2 aromatic heterocycles. The standard InChI is InChI=1S/C28H28ClN5O3/c1-2-37-27-23(15-21(29)16-30-27)28(36)33-13-11-20(12-14-33)19-7-9-22(10-8-19)32-26(35)17-34-18-31-24-5-3-4-6-25(24)34/h3-10,15-16,18,20H,2,11-14,17H2,1H3,(H,32,35). The van der Waals surface area contributed by atoms with Gasteiger partial charge in [-0.1, -0.05) is 35.9 Å². The number of amides is 2.